The van der Waals surface area contributed by atoms with E-state index in [0.29, 0.717) is 16.8 Å². The summed E-state index contributed by atoms with van der Waals surface area (Å²) in [6.07, 6.45) is 0.211. The van der Waals surface area contributed by atoms with Gasteiger partial charge in [-0.05, 0) is 25.1 Å². The van der Waals surface area contributed by atoms with E-state index in [4.69, 9.17) is 10.8 Å². The lowest BCUT2D eigenvalue weighted by atomic mass is 10.0. The first-order valence-electron chi connectivity index (χ1n) is 5.88. The number of aryl methyl sites for hydroxylation is 1. The van der Waals surface area contributed by atoms with E-state index in [-0.39, 0.29) is 11.4 Å². The van der Waals surface area contributed by atoms with E-state index in [1.807, 2.05) is 0 Å². The molecule has 0 saturated heterocycles. The summed E-state index contributed by atoms with van der Waals surface area (Å²) in [5, 5.41) is 10.7. The first kappa shape index (κ1) is 14.3. The van der Waals surface area contributed by atoms with Gasteiger partial charge in [-0.25, -0.2) is 9.78 Å². The van der Waals surface area contributed by atoms with Crippen molar-refractivity contribution >= 4 is 17.8 Å². The zero-order valence-corrected chi connectivity index (χ0v) is 11.0. The molecule has 0 fully saturated rings. The van der Waals surface area contributed by atoms with Crippen LogP contribution in [0.1, 0.15) is 16.1 Å². The van der Waals surface area contributed by atoms with Gasteiger partial charge in [0, 0.05) is 23.0 Å². The van der Waals surface area contributed by atoms with Crippen molar-refractivity contribution in [3.63, 3.8) is 0 Å². The molecule has 8 nitrogen and oxygen atoms in total. The number of nitrogens with zero attached hydrogens (tertiary/aromatic N) is 1. The quantitative estimate of drug-likeness (QED) is 0.665. The molecule has 0 bridgehead atoms. The Morgan fingerprint density at radius 2 is 2.10 bits per heavy atom. The molecule has 0 aliphatic rings. The van der Waals surface area contributed by atoms with E-state index in [0.717, 1.165) is 0 Å². The molecule has 0 unspecified atom stereocenters. The van der Waals surface area contributed by atoms with Gasteiger partial charge in [0.15, 0.2) is 0 Å². The van der Waals surface area contributed by atoms with Gasteiger partial charge in [0.25, 0.3) is 11.5 Å². The number of hydrogen-bond acceptors (Lipinski definition) is 4. The van der Waals surface area contributed by atoms with Gasteiger partial charge in [-0.1, -0.05) is 0 Å². The van der Waals surface area contributed by atoms with Gasteiger partial charge in [-0.3, -0.25) is 14.9 Å². The fraction of sp³-hybridized carbons (Fsp3) is 0.0769. The molecule has 2 heterocycles. The second-order valence-electron chi connectivity index (χ2n) is 4.28. The average Bonchev–Trinajstić information content (AvgIpc) is 2.39. The highest BCUT2D eigenvalue weighted by Crippen LogP contribution is 2.22. The minimum atomic E-state index is -1.22. The summed E-state index contributed by atoms with van der Waals surface area (Å²) in [4.78, 5) is 39.8. The predicted molar refractivity (Wildman–Crippen MR) is 75.2 cm³/mol. The Kier molecular flexibility index (Phi) is 3.70. The third kappa shape index (κ3) is 3.06. The molecule has 0 spiro atoms. The lowest BCUT2D eigenvalue weighted by molar-refractivity contribution is 0.0999. The Bertz CT molecular complexity index is 765. The van der Waals surface area contributed by atoms with Crippen LogP contribution >= 0.6 is 0 Å². The summed E-state index contributed by atoms with van der Waals surface area (Å²) < 4.78 is 0. The van der Waals surface area contributed by atoms with Crippen molar-refractivity contribution in [2.24, 2.45) is 5.73 Å². The molecule has 5 N–H and O–H groups in total. The largest absolute Gasteiger partial charge is 0.465 e. The first-order valence-corrected chi connectivity index (χ1v) is 5.88. The molecule has 8 heteroatoms. The van der Waals surface area contributed by atoms with Crippen molar-refractivity contribution in [3.05, 3.63) is 46.0 Å². The summed E-state index contributed by atoms with van der Waals surface area (Å²) in [5.41, 5.74) is 6.18. The standard InChI is InChI=1S/C13H12N4O4/c1-6-8(4-9(11(14)18)12(19)16-6)7-2-3-10(15-5-7)17-13(20)21/h2-5H,1H3,(H2,14,18)(H,15,17)(H,16,19)(H,20,21). The van der Waals surface area contributed by atoms with Crippen LogP contribution in [0.15, 0.2) is 29.2 Å². The van der Waals surface area contributed by atoms with Crippen LogP contribution in [0, 0.1) is 6.92 Å². The van der Waals surface area contributed by atoms with E-state index in [9.17, 15) is 14.4 Å². The topological polar surface area (TPSA) is 138 Å². The van der Waals surface area contributed by atoms with Crippen molar-refractivity contribution in [1.29, 1.82) is 0 Å². The molecule has 0 atom stereocenters. The minimum absolute atomic E-state index is 0.150. The van der Waals surface area contributed by atoms with Crippen LogP contribution in [-0.2, 0) is 0 Å². The summed E-state index contributed by atoms with van der Waals surface area (Å²) in [6.45, 7) is 1.67. The third-order valence-corrected chi connectivity index (χ3v) is 2.81. The highest BCUT2D eigenvalue weighted by Gasteiger charge is 2.12. The Morgan fingerprint density at radius 3 is 2.62 bits per heavy atom. The van der Waals surface area contributed by atoms with Crippen LogP contribution in [0.25, 0.3) is 11.1 Å². The molecule has 0 radical (unpaired) electrons. The number of nitrogens with two attached hydrogens (primary N) is 1. The number of nitrogens with one attached hydrogen (secondary N) is 2. The molecule has 0 aliphatic carbocycles. The van der Waals surface area contributed by atoms with Crippen LogP contribution in [0.2, 0.25) is 0 Å². The van der Waals surface area contributed by atoms with Crippen LogP contribution in [0.3, 0.4) is 0 Å². The number of rotatable bonds is 3. The molecule has 2 aromatic heterocycles. The number of H-pyrrole nitrogens is 1. The summed E-state index contributed by atoms with van der Waals surface area (Å²) >= 11 is 0. The van der Waals surface area contributed by atoms with Crippen LogP contribution in [0.4, 0.5) is 10.6 Å². The average molecular weight is 288 g/mol. The molecule has 0 aliphatic heterocycles. The van der Waals surface area contributed by atoms with Gasteiger partial charge >= 0.3 is 6.09 Å². The predicted octanol–water partition coefficient (Wildman–Crippen LogP) is 0.934. The molecule has 2 rings (SSSR count). The van der Waals surface area contributed by atoms with Gasteiger partial charge in [0.2, 0.25) is 0 Å². The Morgan fingerprint density at radius 1 is 1.38 bits per heavy atom. The number of primary amides is 1. The van der Waals surface area contributed by atoms with Gasteiger partial charge in [-0.2, -0.15) is 0 Å². The number of aromatic amines is 1. The third-order valence-electron chi connectivity index (χ3n) is 2.81. The molecule has 2 amide bonds. The number of aromatic nitrogens is 2. The van der Waals surface area contributed by atoms with E-state index in [2.05, 4.69) is 15.3 Å². The number of carboxylic acid groups (broad SMARTS) is 1. The van der Waals surface area contributed by atoms with Crippen molar-refractivity contribution in [2.75, 3.05) is 5.32 Å². The maximum atomic E-state index is 11.6. The summed E-state index contributed by atoms with van der Waals surface area (Å²) in [5.74, 6) is -0.655. The number of anilines is 1. The molecule has 2 aromatic rings. The van der Waals surface area contributed by atoms with E-state index in [1.165, 1.54) is 18.3 Å². The van der Waals surface area contributed by atoms with Gasteiger partial charge in [-0.15, -0.1) is 0 Å². The SMILES string of the molecule is Cc1[nH]c(=O)c(C(N)=O)cc1-c1ccc(NC(=O)O)nc1. The molecular formula is C13H12N4O4. The Labute approximate surface area is 118 Å². The maximum Gasteiger partial charge on any atom is 0.410 e. The Balaban J connectivity index is 2.46. The fourth-order valence-corrected chi connectivity index (χ4v) is 1.84. The van der Waals surface area contributed by atoms with Crippen LogP contribution < -0.4 is 16.6 Å². The molecule has 0 aromatic carbocycles. The number of hydrogen-bond donors (Lipinski definition) is 4. The minimum Gasteiger partial charge on any atom is -0.465 e. The second kappa shape index (κ2) is 5.45. The summed E-state index contributed by atoms with van der Waals surface area (Å²) in [6, 6.07) is 4.47. The zero-order valence-electron chi connectivity index (χ0n) is 11.0. The van der Waals surface area contributed by atoms with Crippen LogP contribution in [-0.4, -0.2) is 27.1 Å². The molecule has 0 saturated carbocycles. The first-order chi connectivity index (χ1) is 9.88. The fourth-order valence-electron chi connectivity index (χ4n) is 1.84. The van der Waals surface area contributed by atoms with Gasteiger partial charge in [0.1, 0.15) is 11.4 Å². The number of amides is 2. The van der Waals surface area contributed by atoms with Crippen molar-refractivity contribution in [1.82, 2.24) is 9.97 Å². The van der Waals surface area contributed by atoms with Crippen molar-refractivity contribution < 1.29 is 14.7 Å². The Hall–Kier alpha value is -3.16. The highest BCUT2D eigenvalue weighted by atomic mass is 16.4. The maximum absolute atomic E-state index is 11.6. The monoisotopic (exact) mass is 288 g/mol. The molecule has 108 valence electrons. The summed E-state index contributed by atoms with van der Waals surface area (Å²) in [7, 11) is 0. The van der Waals surface area contributed by atoms with E-state index >= 15 is 0 Å². The number of pyridine rings is 2. The van der Waals surface area contributed by atoms with Crippen molar-refractivity contribution in [3.8, 4) is 11.1 Å². The molecule has 21 heavy (non-hydrogen) atoms. The normalized spacial score (nSPS) is 10.1. The zero-order chi connectivity index (χ0) is 15.6. The highest BCUT2D eigenvalue weighted by molar-refractivity contribution is 5.93. The van der Waals surface area contributed by atoms with Crippen molar-refractivity contribution in [2.45, 2.75) is 6.92 Å². The lowest BCUT2D eigenvalue weighted by Crippen LogP contribution is -2.24. The molecular weight excluding hydrogens is 276 g/mol. The van der Waals surface area contributed by atoms with E-state index < -0.39 is 17.6 Å². The van der Waals surface area contributed by atoms with Gasteiger partial charge in [0.05, 0.1) is 0 Å². The number of carbonyl (C=O) groups excluding carboxylic acids is 1. The van der Waals surface area contributed by atoms with Crippen LogP contribution in [0.5, 0.6) is 0 Å². The lowest BCUT2D eigenvalue weighted by Gasteiger charge is -2.08. The smallest absolute Gasteiger partial charge is 0.410 e. The van der Waals surface area contributed by atoms with Gasteiger partial charge < -0.3 is 15.8 Å². The second-order valence-corrected chi connectivity index (χ2v) is 4.28. The number of carbonyl (C=O) groups is 2. The van der Waals surface area contributed by atoms with E-state index in [1.54, 1.807) is 13.0 Å².